The molecule has 23 heavy (non-hydrogen) atoms. The molecular weight excluding hydrogens is 296 g/mol. The van der Waals surface area contributed by atoms with Gasteiger partial charge in [-0.05, 0) is 58.3 Å². The van der Waals surface area contributed by atoms with Crippen LogP contribution in [0.25, 0.3) is 0 Å². The largest absolute Gasteiger partial charge is 0.308 e. The molecule has 0 aliphatic rings. The second-order valence-corrected chi connectivity index (χ2v) is 8.87. The van der Waals surface area contributed by atoms with E-state index in [4.69, 9.17) is 0 Å². The Hall–Kier alpha value is -0.123. The Morgan fingerprint density at radius 1 is 0.609 bits per heavy atom. The predicted octanol–water partition coefficient (Wildman–Crippen LogP) is 5.78. The van der Waals surface area contributed by atoms with Gasteiger partial charge in [-0.15, -0.1) is 0 Å². The minimum Gasteiger partial charge on any atom is -0.308 e. The van der Waals surface area contributed by atoms with Gasteiger partial charge < -0.3 is 9.13 Å². The molecule has 137 valence electrons. The van der Waals surface area contributed by atoms with E-state index in [1.807, 2.05) is 0 Å². The van der Waals surface area contributed by atoms with E-state index in [-0.39, 0.29) is 0 Å². The summed E-state index contributed by atoms with van der Waals surface area (Å²) < 4.78 is 5.68. The minimum absolute atomic E-state index is 0.688. The van der Waals surface area contributed by atoms with E-state index in [1.54, 1.807) is 0 Å². The summed E-state index contributed by atoms with van der Waals surface area (Å²) in [5.74, 6) is 0. The van der Waals surface area contributed by atoms with Crippen molar-refractivity contribution in [2.45, 2.75) is 92.4 Å². The zero-order chi connectivity index (χ0) is 17.3. The van der Waals surface area contributed by atoms with Crippen LogP contribution >= 0.6 is 0 Å². The maximum Gasteiger partial charge on any atom is 0.258 e. The molecule has 0 N–H and O–H groups in total. The molecule has 0 amide bonds. The molecule has 1 radical (unpaired) electrons. The van der Waals surface area contributed by atoms with E-state index in [2.05, 4.69) is 55.5 Å². The van der Waals surface area contributed by atoms with Crippen molar-refractivity contribution in [3.8, 4) is 0 Å². The first-order valence-corrected chi connectivity index (χ1v) is 11.7. The van der Waals surface area contributed by atoms with Gasteiger partial charge in [0.05, 0.1) is 0 Å². The van der Waals surface area contributed by atoms with Crippen molar-refractivity contribution in [1.82, 2.24) is 9.13 Å². The van der Waals surface area contributed by atoms with Crippen LogP contribution in [0.3, 0.4) is 0 Å². The normalized spacial score (nSPS) is 12.3. The van der Waals surface area contributed by atoms with E-state index in [0.29, 0.717) is 0 Å². The van der Waals surface area contributed by atoms with Crippen LogP contribution < -0.4 is 0 Å². The average molecular weight is 340 g/mol. The van der Waals surface area contributed by atoms with Crippen LogP contribution in [0.5, 0.6) is 0 Å². The SMILES string of the molecule is CCC=C[Si](N(CCCC)CCCC)N(CCCC)CCCC. The van der Waals surface area contributed by atoms with E-state index in [1.165, 1.54) is 84.0 Å². The molecule has 0 aromatic heterocycles. The molecule has 0 fully saturated rings. The lowest BCUT2D eigenvalue weighted by Gasteiger charge is -2.36. The highest BCUT2D eigenvalue weighted by Crippen LogP contribution is 2.11. The summed E-state index contributed by atoms with van der Waals surface area (Å²) in [5.41, 5.74) is 2.58. The van der Waals surface area contributed by atoms with E-state index >= 15 is 0 Å². The Labute approximate surface area is 149 Å². The van der Waals surface area contributed by atoms with Gasteiger partial charge in [-0.3, -0.25) is 0 Å². The van der Waals surface area contributed by atoms with Gasteiger partial charge in [-0.25, -0.2) is 0 Å². The Balaban J connectivity index is 5.10. The summed E-state index contributed by atoms with van der Waals surface area (Å²) in [4.78, 5) is 0. The zero-order valence-electron chi connectivity index (χ0n) is 16.7. The quantitative estimate of drug-likeness (QED) is 0.329. The van der Waals surface area contributed by atoms with Crippen molar-refractivity contribution in [2.75, 3.05) is 26.2 Å². The molecule has 0 aliphatic carbocycles. The Morgan fingerprint density at radius 2 is 0.957 bits per heavy atom. The zero-order valence-corrected chi connectivity index (χ0v) is 17.7. The molecule has 2 nitrogen and oxygen atoms in total. The average Bonchev–Trinajstić information content (AvgIpc) is 2.57. The summed E-state index contributed by atoms with van der Waals surface area (Å²) in [6.45, 7) is 16.7. The van der Waals surface area contributed by atoms with Crippen LogP contribution in [-0.2, 0) is 0 Å². The number of unbranched alkanes of at least 4 members (excludes halogenated alkanes) is 4. The van der Waals surface area contributed by atoms with Crippen molar-refractivity contribution < 1.29 is 0 Å². The predicted molar refractivity (Wildman–Crippen MR) is 108 cm³/mol. The molecule has 3 heteroatoms. The van der Waals surface area contributed by atoms with Gasteiger partial charge in [0.1, 0.15) is 0 Å². The number of nitrogens with zero attached hydrogens (tertiary/aromatic N) is 2. The molecule has 0 atom stereocenters. The third-order valence-corrected chi connectivity index (χ3v) is 7.00. The molecule has 0 spiro atoms. The van der Waals surface area contributed by atoms with E-state index in [0.717, 1.165) is 0 Å². The molecular formula is C20H43N2Si. The summed E-state index contributed by atoms with van der Waals surface area (Å²) in [6.07, 6.45) is 14.2. The van der Waals surface area contributed by atoms with Crippen LogP contribution in [0.1, 0.15) is 92.4 Å². The first-order chi connectivity index (χ1) is 11.2. The van der Waals surface area contributed by atoms with Crippen LogP contribution in [0.2, 0.25) is 0 Å². The van der Waals surface area contributed by atoms with Gasteiger partial charge in [-0.2, -0.15) is 0 Å². The van der Waals surface area contributed by atoms with Gasteiger partial charge in [0, 0.05) is 0 Å². The lowest BCUT2D eigenvalue weighted by Crippen LogP contribution is -2.53. The van der Waals surface area contributed by atoms with Crippen molar-refractivity contribution in [3.05, 3.63) is 11.8 Å². The maximum atomic E-state index is 2.84. The maximum absolute atomic E-state index is 2.84. The molecule has 0 unspecified atom stereocenters. The third kappa shape index (κ3) is 11.1. The van der Waals surface area contributed by atoms with Crippen molar-refractivity contribution >= 4 is 9.12 Å². The molecule has 0 aromatic carbocycles. The molecule has 0 saturated carbocycles. The van der Waals surface area contributed by atoms with Crippen LogP contribution in [0.15, 0.2) is 11.8 Å². The summed E-state index contributed by atoms with van der Waals surface area (Å²) in [5, 5.41) is 0. The highest BCUT2D eigenvalue weighted by atomic mass is 28.3. The van der Waals surface area contributed by atoms with Gasteiger partial charge >= 0.3 is 0 Å². The molecule has 0 aliphatic heterocycles. The standard InChI is InChI=1S/C20H43N2Si/c1-6-11-16-21(17-12-7-2)23(20-15-10-5)22(18-13-8-3)19-14-9-4/h15,20H,6-14,16-19H2,1-5H3. The molecule has 0 aromatic rings. The second-order valence-electron chi connectivity index (χ2n) is 6.56. The lowest BCUT2D eigenvalue weighted by molar-refractivity contribution is 0.332. The van der Waals surface area contributed by atoms with E-state index < -0.39 is 9.12 Å². The second kappa shape index (κ2) is 16.7. The number of hydrogen-bond donors (Lipinski definition) is 0. The molecule has 0 rings (SSSR count). The monoisotopic (exact) mass is 339 g/mol. The Bertz CT molecular complexity index is 232. The third-order valence-electron chi connectivity index (χ3n) is 4.28. The molecule has 0 bridgehead atoms. The van der Waals surface area contributed by atoms with Gasteiger partial charge in [-0.1, -0.05) is 72.1 Å². The minimum atomic E-state index is -0.688. The first-order valence-electron chi connectivity index (χ1n) is 10.3. The van der Waals surface area contributed by atoms with Crippen molar-refractivity contribution in [2.24, 2.45) is 0 Å². The van der Waals surface area contributed by atoms with Crippen molar-refractivity contribution in [3.63, 3.8) is 0 Å². The number of allylic oxidation sites excluding steroid dienone is 1. The highest BCUT2D eigenvalue weighted by Gasteiger charge is 2.25. The van der Waals surface area contributed by atoms with Gasteiger partial charge in [0.15, 0.2) is 0 Å². The Kier molecular flexibility index (Phi) is 16.6. The van der Waals surface area contributed by atoms with Crippen molar-refractivity contribution in [1.29, 1.82) is 0 Å². The first kappa shape index (κ1) is 22.9. The summed E-state index contributed by atoms with van der Waals surface area (Å²) >= 11 is 0. The lowest BCUT2D eigenvalue weighted by atomic mass is 10.3. The number of hydrogen-bond acceptors (Lipinski definition) is 2. The smallest absolute Gasteiger partial charge is 0.258 e. The van der Waals surface area contributed by atoms with E-state index in [9.17, 15) is 0 Å². The fourth-order valence-electron chi connectivity index (χ4n) is 2.71. The number of rotatable bonds is 16. The van der Waals surface area contributed by atoms with Gasteiger partial charge in [0.2, 0.25) is 0 Å². The molecule has 0 saturated heterocycles. The van der Waals surface area contributed by atoms with Crippen LogP contribution in [-0.4, -0.2) is 44.4 Å². The molecule has 0 heterocycles. The topological polar surface area (TPSA) is 6.48 Å². The van der Waals surface area contributed by atoms with Crippen LogP contribution in [0, 0.1) is 0 Å². The fourth-order valence-corrected chi connectivity index (χ4v) is 5.53. The summed E-state index contributed by atoms with van der Waals surface area (Å²) in [6, 6.07) is 0. The summed E-state index contributed by atoms with van der Waals surface area (Å²) in [7, 11) is -0.688. The fraction of sp³-hybridized carbons (Fsp3) is 0.900. The Morgan fingerprint density at radius 3 is 1.22 bits per heavy atom. The van der Waals surface area contributed by atoms with Crippen LogP contribution in [0.4, 0.5) is 0 Å². The highest BCUT2D eigenvalue weighted by molar-refractivity contribution is 6.58. The van der Waals surface area contributed by atoms with Gasteiger partial charge in [0.25, 0.3) is 9.12 Å².